The van der Waals surface area contributed by atoms with Gasteiger partial charge in [-0.3, -0.25) is 4.79 Å². The van der Waals surface area contributed by atoms with E-state index in [2.05, 4.69) is 38.1 Å². The molecule has 0 spiro atoms. The number of aromatic carboxylic acids is 1. The Hall–Kier alpha value is -3.91. The molecule has 0 unspecified atom stereocenters. The number of nitrogens with two attached hydrogens (primary N) is 1. The van der Waals surface area contributed by atoms with Gasteiger partial charge in [-0.25, -0.2) is 9.78 Å². The second-order valence-electron chi connectivity index (χ2n) is 9.30. The molecule has 0 saturated carbocycles. The minimum atomic E-state index is -0.928. The molecule has 38 heavy (non-hydrogen) atoms. The first-order valence-electron chi connectivity index (χ1n) is 12.5. The predicted molar refractivity (Wildman–Crippen MR) is 153 cm³/mol. The van der Waals surface area contributed by atoms with Crippen LogP contribution in [0.2, 0.25) is 0 Å². The van der Waals surface area contributed by atoms with Crippen molar-refractivity contribution < 1.29 is 19.4 Å². The number of hydrogen-bond acceptors (Lipinski definition) is 5. The quantitative estimate of drug-likeness (QED) is 0.248. The number of benzene rings is 2. The highest BCUT2D eigenvalue weighted by atomic mass is 32.1. The van der Waals surface area contributed by atoms with Crippen LogP contribution in [0.25, 0.3) is 22.0 Å². The third-order valence-corrected chi connectivity index (χ3v) is 7.08. The Kier molecular flexibility index (Phi) is 9.85. The molecular formula is C30H35N3O4S. The molecular weight excluding hydrogens is 498 g/mol. The minimum absolute atomic E-state index is 0.211. The third kappa shape index (κ3) is 7.10. The van der Waals surface area contributed by atoms with Gasteiger partial charge in [-0.05, 0) is 60.7 Å². The minimum Gasteiger partial charge on any atom is -0.497 e. The van der Waals surface area contributed by atoms with Crippen LogP contribution in [0.1, 0.15) is 66.7 Å². The van der Waals surface area contributed by atoms with Crippen LogP contribution >= 0.6 is 11.3 Å². The Balaban J connectivity index is 0.000000599. The van der Waals surface area contributed by atoms with Crippen molar-refractivity contribution in [2.75, 3.05) is 7.11 Å². The Morgan fingerprint density at radius 3 is 2.26 bits per heavy atom. The molecule has 4 aromatic rings. The molecule has 8 heteroatoms. The second kappa shape index (κ2) is 13.1. The second-order valence-corrected chi connectivity index (χ2v) is 10.2. The number of thiazole rings is 1. The number of nitrogens with zero attached hydrogens (tertiary/aromatic N) is 2. The van der Waals surface area contributed by atoms with Crippen LogP contribution in [0.5, 0.6) is 5.75 Å². The van der Waals surface area contributed by atoms with Crippen molar-refractivity contribution in [2.45, 2.75) is 53.0 Å². The number of ether oxygens (including phenoxy) is 1. The van der Waals surface area contributed by atoms with Crippen molar-refractivity contribution in [1.82, 2.24) is 9.55 Å². The summed E-state index contributed by atoms with van der Waals surface area (Å²) < 4.78 is 7.28. The normalized spacial score (nSPS) is 10.7. The average molecular weight is 534 g/mol. The largest absolute Gasteiger partial charge is 0.497 e. The fraction of sp³-hybridized carbons (Fsp3) is 0.300. The highest BCUT2D eigenvalue weighted by molar-refractivity contribution is 7.13. The van der Waals surface area contributed by atoms with Gasteiger partial charge < -0.3 is 20.1 Å². The van der Waals surface area contributed by atoms with Gasteiger partial charge in [0.05, 0.1) is 24.1 Å². The van der Waals surface area contributed by atoms with E-state index >= 15 is 0 Å². The number of carboxylic acids is 1. The molecule has 0 bridgehead atoms. The van der Waals surface area contributed by atoms with Crippen molar-refractivity contribution in [3.8, 4) is 27.7 Å². The number of carboxylic acid groups (broad SMARTS) is 1. The molecule has 0 aliphatic carbocycles. The molecule has 0 aliphatic rings. The third-order valence-electron chi connectivity index (χ3n) is 6.18. The van der Waals surface area contributed by atoms with E-state index in [-0.39, 0.29) is 5.91 Å². The summed E-state index contributed by atoms with van der Waals surface area (Å²) in [6.07, 6.45) is 1.37. The van der Waals surface area contributed by atoms with Crippen molar-refractivity contribution in [3.05, 3.63) is 82.4 Å². The van der Waals surface area contributed by atoms with Gasteiger partial charge in [0.25, 0.3) is 0 Å². The molecule has 1 amide bonds. The Morgan fingerprint density at radius 2 is 1.76 bits per heavy atom. The lowest BCUT2D eigenvalue weighted by Gasteiger charge is -2.12. The number of carbonyl (C=O) groups excluding carboxylic acids is 1. The van der Waals surface area contributed by atoms with E-state index in [4.69, 9.17) is 15.5 Å². The fourth-order valence-corrected chi connectivity index (χ4v) is 4.79. The first kappa shape index (κ1) is 28.7. The van der Waals surface area contributed by atoms with Crippen LogP contribution in [-0.2, 0) is 11.3 Å². The van der Waals surface area contributed by atoms with Crippen LogP contribution in [0.3, 0.4) is 0 Å². The summed E-state index contributed by atoms with van der Waals surface area (Å²) in [5.41, 5.74) is 10.8. The van der Waals surface area contributed by atoms with Crippen molar-refractivity contribution >= 4 is 23.2 Å². The number of hydrogen-bond donors (Lipinski definition) is 2. The zero-order valence-electron chi connectivity index (χ0n) is 22.5. The van der Waals surface area contributed by atoms with E-state index in [1.54, 1.807) is 24.5 Å². The zero-order valence-corrected chi connectivity index (χ0v) is 23.3. The molecule has 0 saturated heterocycles. The Morgan fingerprint density at radius 1 is 1.11 bits per heavy atom. The van der Waals surface area contributed by atoms with Crippen molar-refractivity contribution in [2.24, 2.45) is 5.73 Å². The molecule has 2 aromatic carbocycles. The van der Waals surface area contributed by atoms with E-state index < -0.39 is 5.97 Å². The summed E-state index contributed by atoms with van der Waals surface area (Å²) in [5, 5.41) is 12.6. The maximum absolute atomic E-state index is 11.8. The van der Waals surface area contributed by atoms with E-state index in [1.165, 1.54) is 5.56 Å². The van der Waals surface area contributed by atoms with E-state index in [1.807, 2.05) is 48.1 Å². The van der Waals surface area contributed by atoms with Crippen LogP contribution in [0, 0.1) is 6.92 Å². The molecule has 2 aromatic heterocycles. The lowest BCUT2D eigenvalue weighted by molar-refractivity contribution is -0.118. The summed E-state index contributed by atoms with van der Waals surface area (Å²) in [4.78, 5) is 26.5. The van der Waals surface area contributed by atoms with Crippen LogP contribution < -0.4 is 10.5 Å². The van der Waals surface area contributed by atoms with E-state index in [0.29, 0.717) is 24.4 Å². The van der Waals surface area contributed by atoms with Gasteiger partial charge in [0.2, 0.25) is 5.91 Å². The Bertz CT molecular complexity index is 1370. The fourth-order valence-electron chi connectivity index (χ4n) is 3.97. The number of amides is 1. The van der Waals surface area contributed by atoms with Crippen LogP contribution in [0.4, 0.5) is 0 Å². The van der Waals surface area contributed by atoms with Crippen LogP contribution in [-0.4, -0.2) is 33.6 Å². The highest BCUT2D eigenvalue weighted by Gasteiger charge is 2.20. The molecule has 7 nitrogen and oxygen atoms in total. The highest BCUT2D eigenvalue weighted by Crippen LogP contribution is 2.32. The molecule has 0 atom stereocenters. The average Bonchev–Trinajstić information content (AvgIpc) is 3.50. The standard InChI is InChI=1S/C26H26N2O3S.C4H9NO/c1-16(2)19-7-5-18(6-8-19)14-28-17(3)22(26(29)30)13-24(28)23-15-32-25(27-23)20-9-11-21(31-4)12-10-20;1-2-3-4(5)6/h5-13,15-16H,14H2,1-4H3,(H,29,30);2-3H2,1H3,(H2,5,6). The monoisotopic (exact) mass is 533 g/mol. The maximum Gasteiger partial charge on any atom is 0.337 e. The number of aromatic nitrogens is 2. The summed E-state index contributed by atoms with van der Waals surface area (Å²) in [6.45, 7) is 8.70. The molecule has 200 valence electrons. The van der Waals surface area contributed by atoms with E-state index in [9.17, 15) is 14.7 Å². The molecule has 2 heterocycles. The maximum atomic E-state index is 11.8. The van der Waals surface area contributed by atoms with Gasteiger partial charge in [0.15, 0.2) is 0 Å². The SMILES string of the molecule is CCCC(N)=O.COc1ccc(-c2nc(-c3cc(C(=O)O)c(C)n3Cc3ccc(C(C)C)cc3)cs2)cc1. The first-order valence-corrected chi connectivity index (χ1v) is 13.4. The summed E-state index contributed by atoms with van der Waals surface area (Å²) >= 11 is 1.54. The molecule has 3 N–H and O–H groups in total. The van der Waals surface area contributed by atoms with Crippen LogP contribution in [0.15, 0.2) is 60.0 Å². The topological polar surface area (TPSA) is 107 Å². The number of rotatable bonds is 9. The smallest absolute Gasteiger partial charge is 0.337 e. The lowest BCUT2D eigenvalue weighted by Crippen LogP contribution is -2.08. The van der Waals surface area contributed by atoms with Crippen molar-refractivity contribution in [1.29, 1.82) is 0 Å². The first-order chi connectivity index (χ1) is 18.1. The van der Waals surface area contributed by atoms with Gasteiger partial charge in [0.1, 0.15) is 10.8 Å². The predicted octanol–water partition coefficient (Wildman–Crippen LogP) is 6.74. The van der Waals surface area contributed by atoms with Gasteiger partial charge in [-0.2, -0.15) is 0 Å². The van der Waals surface area contributed by atoms with Crippen molar-refractivity contribution in [3.63, 3.8) is 0 Å². The number of primary amides is 1. The summed E-state index contributed by atoms with van der Waals surface area (Å²) in [5.74, 6) is 0.128. The zero-order chi connectivity index (χ0) is 27.8. The summed E-state index contributed by atoms with van der Waals surface area (Å²) in [6, 6.07) is 18.0. The summed E-state index contributed by atoms with van der Waals surface area (Å²) in [7, 11) is 1.64. The molecule has 4 rings (SSSR count). The lowest BCUT2D eigenvalue weighted by atomic mass is 10.0. The Labute approximate surface area is 227 Å². The van der Waals surface area contributed by atoms with E-state index in [0.717, 1.165) is 45.4 Å². The molecule has 0 aliphatic heterocycles. The van der Waals surface area contributed by atoms with Gasteiger partial charge >= 0.3 is 5.97 Å². The molecule has 0 radical (unpaired) electrons. The molecule has 0 fully saturated rings. The van der Waals surface area contributed by atoms with Gasteiger partial charge in [0, 0.05) is 29.6 Å². The number of methoxy groups -OCH3 is 1. The number of carbonyl (C=O) groups is 2. The van der Waals surface area contributed by atoms with Gasteiger partial charge in [-0.15, -0.1) is 11.3 Å². The van der Waals surface area contributed by atoms with Gasteiger partial charge in [-0.1, -0.05) is 45.0 Å².